The van der Waals surface area contributed by atoms with Crippen molar-refractivity contribution in [2.75, 3.05) is 18.0 Å². The van der Waals surface area contributed by atoms with Crippen LogP contribution >= 0.6 is 0 Å². The Balaban J connectivity index is 2.09. The van der Waals surface area contributed by atoms with Crippen molar-refractivity contribution in [1.29, 1.82) is 0 Å². The van der Waals surface area contributed by atoms with Gasteiger partial charge in [0.25, 0.3) is 0 Å². The highest BCUT2D eigenvalue weighted by Crippen LogP contribution is 2.30. The zero-order valence-corrected chi connectivity index (χ0v) is 16.9. The summed E-state index contributed by atoms with van der Waals surface area (Å²) in [5.41, 5.74) is 8.92. The molecule has 3 aromatic carbocycles. The van der Waals surface area contributed by atoms with Gasteiger partial charge >= 0.3 is 0 Å². The van der Waals surface area contributed by atoms with Crippen molar-refractivity contribution in [2.24, 2.45) is 0 Å². The van der Waals surface area contributed by atoms with Crippen LogP contribution in [0.5, 0.6) is 0 Å². The van der Waals surface area contributed by atoms with Crippen LogP contribution in [-0.4, -0.2) is 13.1 Å². The molecule has 0 radical (unpaired) electrons. The lowest BCUT2D eigenvalue weighted by Gasteiger charge is -2.21. The van der Waals surface area contributed by atoms with Crippen LogP contribution in [0.4, 0.5) is 5.69 Å². The highest BCUT2D eigenvalue weighted by atomic mass is 15.1. The summed E-state index contributed by atoms with van der Waals surface area (Å²) < 4.78 is 0. The summed E-state index contributed by atoms with van der Waals surface area (Å²) in [6.07, 6.45) is 2.30. The molecule has 0 heterocycles. The largest absolute Gasteiger partial charge is 0.372 e. The summed E-state index contributed by atoms with van der Waals surface area (Å²) in [5, 5.41) is 0. The normalized spacial score (nSPS) is 11.5. The van der Waals surface area contributed by atoms with E-state index < -0.39 is 0 Å². The van der Waals surface area contributed by atoms with E-state index in [9.17, 15) is 0 Å². The predicted octanol–water partition coefficient (Wildman–Crippen LogP) is 6.74. The van der Waals surface area contributed by atoms with E-state index in [1.54, 1.807) is 0 Å². The van der Waals surface area contributed by atoms with Crippen LogP contribution < -0.4 is 4.90 Å². The van der Waals surface area contributed by atoms with E-state index in [1.165, 1.54) is 39.1 Å². The zero-order chi connectivity index (χ0) is 19.2. The first kappa shape index (κ1) is 19.0. The lowest BCUT2D eigenvalue weighted by Crippen LogP contribution is -2.21. The highest BCUT2D eigenvalue weighted by molar-refractivity contribution is 5.92. The molecule has 0 aliphatic heterocycles. The van der Waals surface area contributed by atoms with Gasteiger partial charge in [-0.15, -0.1) is 0 Å². The Bertz CT molecular complexity index is 901. The van der Waals surface area contributed by atoms with E-state index in [1.807, 2.05) is 0 Å². The third-order valence-electron chi connectivity index (χ3n) is 5.09. The number of hydrogen-bond donors (Lipinski definition) is 0. The van der Waals surface area contributed by atoms with Crippen LogP contribution in [0.1, 0.15) is 41.7 Å². The lowest BCUT2D eigenvalue weighted by molar-refractivity contribution is 0.866. The molecule has 1 nitrogen and oxygen atoms in total. The molecule has 3 rings (SSSR count). The maximum absolute atomic E-state index is 2.38. The fraction of sp³-hybridized carbons (Fsp3) is 0.231. The molecule has 0 spiro atoms. The van der Waals surface area contributed by atoms with Gasteiger partial charge in [-0.1, -0.05) is 66.2 Å². The van der Waals surface area contributed by atoms with E-state index in [4.69, 9.17) is 0 Å². The molecule has 1 heteroatoms. The van der Waals surface area contributed by atoms with Crippen LogP contribution in [0.25, 0.3) is 11.6 Å². The molecule has 0 aromatic heterocycles. The molecule has 0 bridgehead atoms. The molecule has 27 heavy (non-hydrogen) atoms. The van der Waals surface area contributed by atoms with Crippen molar-refractivity contribution in [3.05, 3.63) is 101 Å². The first-order chi connectivity index (χ1) is 13.1. The number of nitrogens with zero attached hydrogens (tertiary/aromatic N) is 1. The van der Waals surface area contributed by atoms with Crippen molar-refractivity contribution in [3.8, 4) is 0 Å². The minimum Gasteiger partial charge on any atom is -0.372 e. The van der Waals surface area contributed by atoms with Gasteiger partial charge in [-0.05, 0) is 73.7 Å². The van der Waals surface area contributed by atoms with Gasteiger partial charge in [0.1, 0.15) is 0 Å². The average Bonchev–Trinajstić information content (AvgIpc) is 2.69. The standard InChI is InChI=1S/C26H29N/c1-5-27(6-2)24-15-13-23(14-16-24)26(19-22-10-8-7-9-11-22)25-17-12-20(3)18-21(25)4/h7-19H,5-6H2,1-4H3. The second-order valence-electron chi connectivity index (χ2n) is 7.01. The molecule has 0 amide bonds. The van der Waals surface area contributed by atoms with Gasteiger partial charge in [0.2, 0.25) is 0 Å². The van der Waals surface area contributed by atoms with E-state index in [2.05, 4.69) is 111 Å². The highest BCUT2D eigenvalue weighted by Gasteiger charge is 2.10. The Morgan fingerprint density at radius 1 is 0.815 bits per heavy atom. The van der Waals surface area contributed by atoms with Crippen molar-refractivity contribution < 1.29 is 0 Å². The van der Waals surface area contributed by atoms with Crippen LogP contribution in [0.2, 0.25) is 0 Å². The van der Waals surface area contributed by atoms with Gasteiger partial charge in [0.15, 0.2) is 0 Å². The molecule has 0 N–H and O–H groups in total. The van der Waals surface area contributed by atoms with E-state index in [-0.39, 0.29) is 0 Å². The van der Waals surface area contributed by atoms with Gasteiger partial charge in [0.05, 0.1) is 0 Å². The summed E-state index contributed by atoms with van der Waals surface area (Å²) in [4.78, 5) is 2.38. The van der Waals surface area contributed by atoms with Crippen molar-refractivity contribution in [3.63, 3.8) is 0 Å². The van der Waals surface area contributed by atoms with Gasteiger partial charge in [-0.2, -0.15) is 0 Å². The molecule has 138 valence electrons. The second-order valence-corrected chi connectivity index (χ2v) is 7.01. The number of aryl methyl sites for hydroxylation is 2. The predicted molar refractivity (Wildman–Crippen MR) is 119 cm³/mol. The third-order valence-corrected chi connectivity index (χ3v) is 5.09. The van der Waals surface area contributed by atoms with Crippen molar-refractivity contribution in [1.82, 2.24) is 0 Å². The molecule has 0 atom stereocenters. The molecule has 0 unspecified atom stereocenters. The first-order valence-electron chi connectivity index (χ1n) is 9.82. The van der Waals surface area contributed by atoms with Crippen LogP contribution in [0, 0.1) is 13.8 Å². The SMILES string of the molecule is CCN(CC)c1ccc(C(=Cc2ccccc2)c2ccc(C)cc2C)cc1. The Kier molecular flexibility index (Phi) is 6.13. The van der Waals surface area contributed by atoms with Crippen LogP contribution in [0.15, 0.2) is 72.8 Å². The van der Waals surface area contributed by atoms with Crippen molar-refractivity contribution in [2.45, 2.75) is 27.7 Å². The molecule has 3 aromatic rings. The molecular weight excluding hydrogens is 326 g/mol. The Labute approximate surface area is 164 Å². The summed E-state index contributed by atoms with van der Waals surface area (Å²) >= 11 is 0. The third kappa shape index (κ3) is 4.49. The van der Waals surface area contributed by atoms with Gasteiger partial charge < -0.3 is 4.90 Å². The number of hydrogen-bond acceptors (Lipinski definition) is 1. The summed E-state index contributed by atoms with van der Waals surface area (Å²) in [6, 6.07) is 26.3. The average molecular weight is 356 g/mol. The topological polar surface area (TPSA) is 3.24 Å². The number of rotatable bonds is 6. The maximum Gasteiger partial charge on any atom is 0.0366 e. The monoisotopic (exact) mass is 355 g/mol. The Hall–Kier alpha value is -2.80. The van der Waals surface area contributed by atoms with Gasteiger partial charge in [0, 0.05) is 18.8 Å². The Morgan fingerprint density at radius 2 is 1.48 bits per heavy atom. The van der Waals surface area contributed by atoms with Gasteiger partial charge in [-0.3, -0.25) is 0 Å². The minimum absolute atomic E-state index is 1.03. The maximum atomic E-state index is 2.38. The Morgan fingerprint density at radius 3 is 2.07 bits per heavy atom. The fourth-order valence-corrected chi connectivity index (χ4v) is 3.59. The smallest absolute Gasteiger partial charge is 0.0366 e. The number of benzene rings is 3. The molecule has 0 saturated heterocycles. The molecule has 0 fully saturated rings. The van der Waals surface area contributed by atoms with Crippen LogP contribution in [-0.2, 0) is 0 Å². The zero-order valence-electron chi connectivity index (χ0n) is 16.9. The van der Waals surface area contributed by atoms with E-state index >= 15 is 0 Å². The summed E-state index contributed by atoms with van der Waals surface area (Å²) in [6.45, 7) is 10.8. The molecule has 0 aliphatic rings. The van der Waals surface area contributed by atoms with Crippen LogP contribution in [0.3, 0.4) is 0 Å². The molecule has 0 aliphatic carbocycles. The minimum atomic E-state index is 1.03. The van der Waals surface area contributed by atoms with Crippen molar-refractivity contribution >= 4 is 17.3 Å². The second kappa shape index (κ2) is 8.73. The molecular formula is C26H29N. The number of anilines is 1. The lowest BCUT2D eigenvalue weighted by atomic mass is 9.91. The quantitative estimate of drug-likeness (QED) is 0.443. The summed E-state index contributed by atoms with van der Waals surface area (Å²) in [7, 11) is 0. The van der Waals surface area contributed by atoms with Gasteiger partial charge in [-0.25, -0.2) is 0 Å². The fourth-order valence-electron chi connectivity index (χ4n) is 3.59. The summed E-state index contributed by atoms with van der Waals surface area (Å²) in [5.74, 6) is 0. The first-order valence-corrected chi connectivity index (χ1v) is 9.82. The van der Waals surface area contributed by atoms with E-state index in [0.717, 1.165) is 13.1 Å². The van der Waals surface area contributed by atoms with E-state index in [0.29, 0.717) is 0 Å². The molecule has 0 saturated carbocycles.